The Bertz CT molecular complexity index is 667. The Morgan fingerprint density at radius 2 is 1.83 bits per heavy atom. The summed E-state index contributed by atoms with van der Waals surface area (Å²) in [4.78, 5) is 10.5. The zero-order valence-electron chi connectivity index (χ0n) is 14.8. The minimum Gasteiger partial charge on any atom is -0.357 e. The predicted octanol–water partition coefficient (Wildman–Crippen LogP) is 4.20. The van der Waals surface area contributed by atoms with Gasteiger partial charge >= 0.3 is 0 Å². The Labute approximate surface area is 166 Å². The summed E-state index contributed by atoms with van der Waals surface area (Å²) in [5, 5.41) is 7.83. The average molecular weight is 458 g/mol. The summed E-state index contributed by atoms with van der Waals surface area (Å²) in [6, 6.07) is 8.50. The van der Waals surface area contributed by atoms with Crippen LogP contribution in [0.15, 0.2) is 29.3 Å². The monoisotopic (exact) mass is 458 g/mol. The van der Waals surface area contributed by atoms with Crippen LogP contribution in [-0.4, -0.2) is 17.5 Å². The molecule has 0 unspecified atom stereocenters. The Morgan fingerprint density at radius 1 is 1.12 bits per heavy atom. The molecule has 0 aliphatic carbocycles. The molecule has 0 spiro atoms. The summed E-state index contributed by atoms with van der Waals surface area (Å²) in [5.41, 5.74) is 3.75. The molecule has 0 aliphatic rings. The normalized spacial score (nSPS) is 11.1. The highest BCUT2D eigenvalue weighted by atomic mass is 127. The smallest absolute Gasteiger partial charge is 0.191 e. The van der Waals surface area contributed by atoms with Crippen LogP contribution in [0.5, 0.6) is 0 Å². The van der Waals surface area contributed by atoms with Crippen molar-refractivity contribution in [3.05, 3.63) is 51.0 Å². The lowest BCUT2D eigenvalue weighted by Gasteiger charge is -2.11. The van der Waals surface area contributed by atoms with Gasteiger partial charge in [0, 0.05) is 11.4 Å². The lowest BCUT2D eigenvalue weighted by atomic mass is 10.1. The first-order valence-electron chi connectivity index (χ1n) is 8.15. The number of nitrogens with zero attached hydrogens (tertiary/aromatic N) is 2. The second kappa shape index (κ2) is 10.7. The van der Waals surface area contributed by atoms with E-state index >= 15 is 0 Å². The molecule has 1 heterocycles. The lowest BCUT2D eigenvalue weighted by Crippen LogP contribution is -2.36. The number of rotatable bonds is 6. The van der Waals surface area contributed by atoms with Crippen LogP contribution in [0.4, 0.5) is 0 Å². The van der Waals surface area contributed by atoms with E-state index in [9.17, 15) is 0 Å². The van der Waals surface area contributed by atoms with Gasteiger partial charge in [-0.1, -0.05) is 31.2 Å². The van der Waals surface area contributed by atoms with Crippen LogP contribution in [0.2, 0.25) is 0 Å². The molecular weight excluding hydrogens is 431 g/mol. The summed E-state index contributed by atoms with van der Waals surface area (Å²) in [6.45, 7) is 10.7. The Kier molecular flexibility index (Phi) is 9.28. The van der Waals surface area contributed by atoms with Gasteiger partial charge in [-0.2, -0.15) is 0 Å². The van der Waals surface area contributed by atoms with Gasteiger partial charge in [0.05, 0.1) is 23.8 Å². The van der Waals surface area contributed by atoms with Crippen molar-refractivity contribution in [2.24, 2.45) is 4.99 Å². The minimum absolute atomic E-state index is 0. The van der Waals surface area contributed by atoms with Crippen LogP contribution < -0.4 is 10.6 Å². The average Bonchev–Trinajstić information content (AvgIpc) is 2.88. The molecule has 1 aromatic carbocycles. The highest BCUT2D eigenvalue weighted by Crippen LogP contribution is 2.16. The van der Waals surface area contributed by atoms with Gasteiger partial charge in [-0.25, -0.2) is 9.98 Å². The number of aromatic nitrogens is 1. The Morgan fingerprint density at radius 3 is 2.42 bits per heavy atom. The SMILES string of the molecule is CCNC(=NCc1ccccc1CC)NCc1sc(C)nc1C.I. The van der Waals surface area contributed by atoms with E-state index in [0.29, 0.717) is 6.54 Å². The maximum atomic E-state index is 4.72. The molecule has 24 heavy (non-hydrogen) atoms. The van der Waals surface area contributed by atoms with E-state index in [1.165, 1.54) is 16.0 Å². The van der Waals surface area contributed by atoms with E-state index in [0.717, 1.165) is 36.2 Å². The quantitative estimate of drug-likeness (QED) is 0.388. The summed E-state index contributed by atoms with van der Waals surface area (Å²) >= 11 is 1.74. The number of aryl methyl sites for hydroxylation is 3. The largest absolute Gasteiger partial charge is 0.357 e. The molecule has 0 fully saturated rings. The van der Waals surface area contributed by atoms with Crippen molar-refractivity contribution in [3.63, 3.8) is 0 Å². The van der Waals surface area contributed by atoms with E-state index in [1.807, 2.05) is 6.92 Å². The topological polar surface area (TPSA) is 49.3 Å². The number of aliphatic imine (C=N–C) groups is 1. The van der Waals surface area contributed by atoms with Crippen molar-refractivity contribution >= 4 is 41.3 Å². The molecule has 1 aromatic heterocycles. The first kappa shape index (κ1) is 20.9. The van der Waals surface area contributed by atoms with Crippen molar-refractivity contribution in [2.45, 2.75) is 47.2 Å². The Hall–Kier alpha value is -1.15. The van der Waals surface area contributed by atoms with E-state index in [-0.39, 0.29) is 24.0 Å². The zero-order valence-corrected chi connectivity index (χ0v) is 18.0. The summed E-state index contributed by atoms with van der Waals surface area (Å²) in [6.07, 6.45) is 1.04. The third-order valence-electron chi connectivity index (χ3n) is 3.67. The number of thiazole rings is 1. The van der Waals surface area contributed by atoms with Gasteiger partial charge in [0.1, 0.15) is 0 Å². The van der Waals surface area contributed by atoms with Crippen molar-refractivity contribution in [2.75, 3.05) is 6.54 Å². The molecule has 0 amide bonds. The van der Waals surface area contributed by atoms with Crippen molar-refractivity contribution in [1.82, 2.24) is 15.6 Å². The van der Waals surface area contributed by atoms with Gasteiger partial charge in [0.2, 0.25) is 0 Å². The summed E-state index contributed by atoms with van der Waals surface area (Å²) in [7, 11) is 0. The van der Waals surface area contributed by atoms with Crippen molar-refractivity contribution < 1.29 is 0 Å². The zero-order chi connectivity index (χ0) is 16.7. The molecule has 6 heteroatoms. The van der Waals surface area contributed by atoms with Crippen LogP contribution in [0.3, 0.4) is 0 Å². The number of hydrogen-bond donors (Lipinski definition) is 2. The van der Waals surface area contributed by atoms with Crippen molar-refractivity contribution in [1.29, 1.82) is 0 Å². The minimum atomic E-state index is 0. The summed E-state index contributed by atoms with van der Waals surface area (Å²) < 4.78 is 0. The van der Waals surface area contributed by atoms with Crippen LogP contribution in [0.1, 0.15) is 40.6 Å². The molecule has 0 aliphatic heterocycles. The van der Waals surface area contributed by atoms with Crippen LogP contribution >= 0.6 is 35.3 Å². The number of benzene rings is 1. The van der Waals surface area contributed by atoms with Gasteiger partial charge in [-0.15, -0.1) is 35.3 Å². The maximum Gasteiger partial charge on any atom is 0.191 e. The molecule has 4 nitrogen and oxygen atoms in total. The molecule has 2 aromatic rings. The molecule has 132 valence electrons. The fraction of sp³-hybridized carbons (Fsp3) is 0.444. The molecule has 0 bridgehead atoms. The van der Waals surface area contributed by atoms with E-state index in [4.69, 9.17) is 4.99 Å². The first-order chi connectivity index (χ1) is 11.1. The van der Waals surface area contributed by atoms with Gasteiger partial charge in [0.15, 0.2) is 5.96 Å². The molecule has 0 saturated heterocycles. The molecule has 2 rings (SSSR count). The third kappa shape index (κ3) is 6.05. The second-order valence-electron chi connectivity index (χ2n) is 5.41. The fourth-order valence-corrected chi connectivity index (χ4v) is 3.34. The van der Waals surface area contributed by atoms with Crippen LogP contribution in [-0.2, 0) is 19.5 Å². The van der Waals surface area contributed by atoms with Crippen molar-refractivity contribution in [3.8, 4) is 0 Å². The van der Waals surface area contributed by atoms with E-state index < -0.39 is 0 Å². The van der Waals surface area contributed by atoms with E-state index in [1.54, 1.807) is 11.3 Å². The van der Waals surface area contributed by atoms with Gasteiger partial charge in [-0.3, -0.25) is 0 Å². The number of hydrogen-bond acceptors (Lipinski definition) is 3. The van der Waals surface area contributed by atoms with Gasteiger partial charge in [0.25, 0.3) is 0 Å². The van der Waals surface area contributed by atoms with Gasteiger partial charge < -0.3 is 10.6 Å². The first-order valence-corrected chi connectivity index (χ1v) is 8.97. The van der Waals surface area contributed by atoms with Gasteiger partial charge in [-0.05, 0) is 38.3 Å². The highest BCUT2D eigenvalue weighted by molar-refractivity contribution is 14.0. The third-order valence-corrected chi connectivity index (χ3v) is 4.74. The number of halogens is 1. The molecule has 0 saturated carbocycles. The second-order valence-corrected chi connectivity index (χ2v) is 6.70. The maximum absolute atomic E-state index is 4.72. The standard InChI is InChI=1S/C18H26N4S.HI/c1-5-15-9-7-8-10-16(15)11-20-18(19-6-2)21-12-17-13(3)22-14(4)23-17;/h7-10H,5-6,11-12H2,1-4H3,(H2,19,20,21);1H. The van der Waals surface area contributed by atoms with E-state index in [2.05, 4.69) is 60.7 Å². The Balaban J connectivity index is 0.00000288. The lowest BCUT2D eigenvalue weighted by molar-refractivity contribution is 0.817. The molecule has 0 radical (unpaired) electrons. The molecule has 2 N–H and O–H groups in total. The predicted molar refractivity (Wildman–Crippen MR) is 114 cm³/mol. The number of nitrogens with one attached hydrogen (secondary N) is 2. The molecular formula is C18H27IN4S. The molecule has 0 atom stereocenters. The number of guanidine groups is 1. The summed E-state index contributed by atoms with van der Waals surface area (Å²) in [5.74, 6) is 0.851. The highest BCUT2D eigenvalue weighted by Gasteiger charge is 2.06. The van der Waals surface area contributed by atoms with Crippen LogP contribution in [0, 0.1) is 13.8 Å². The fourth-order valence-electron chi connectivity index (χ4n) is 2.46. The van der Waals surface area contributed by atoms with Crippen LogP contribution in [0.25, 0.3) is 0 Å².